The molecule has 2 aromatic carbocycles. The summed E-state index contributed by atoms with van der Waals surface area (Å²) in [6.45, 7) is 0. The van der Waals surface area contributed by atoms with Crippen molar-refractivity contribution in [3.63, 3.8) is 0 Å². The minimum absolute atomic E-state index is 0.422. The van der Waals surface area contributed by atoms with Gasteiger partial charge in [-0.25, -0.2) is 16.3 Å². The van der Waals surface area contributed by atoms with Crippen molar-refractivity contribution in [3.8, 4) is 5.75 Å². The van der Waals surface area contributed by atoms with Crippen molar-refractivity contribution in [2.45, 2.75) is 11.6 Å². The summed E-state index contributed by atoms with van der Waals surface area (Å²) in [5.74, 6) is 3.78. The zero-order valence-corrected chi connectivity index (χ0v) is 13.5. The van der Waals surface area contributed by atoms with Crippen LogP contribution in [-0.2, 0) is 9.59 Å². The van der Waals surface area contributed by atoms with Gasteiger partial charge < -0.3 is 9.84 Å². The van der Waals surface area contributed by atoms with Crippen LogP contribution in [-0.4, -0.2) is 29.6 Å². The van der Waals surface area contributed by atoms with Crippen LogP contribution in [0.4, 0.5) is 5.69 Å². The Labute approximate surface area is 144 Å². The molecular weight excluding hydrogens is 324 g/mol. The van der Waals surface area contributed by atoms with Crippen molar-refractivity contribution < 1.29 is 19.4 Å². The van der Waals surface area contributed by atoms with E-state index in [1.54, 1.807) is 54.6 Å². The Morgan fingerprint density at radius 1 is 1.24 bits per heavy atom. The highest BCUT2D eigenvalue weighted by Crippen LogP contribution is 2.39. The Bertz CT molecular complexity index is 798. The third-order valence-electron chi connectivity index (χ3n) is 4.15. The van der Waals surface area contributed by atoms with Crippen molar-refractivity contribution >= 4 is 17.5 Å². The number of aliphatic hydroxyl groups is 1. The predicted octanol–water partition coefficient (Wildman–Crippen LogP) is 0.00870. The molecule has 0 saturated carbocycles. The van der Waals surface area contributed by atoms with Gasteiger partial charge in [0.15, 0.2) is 0 Å². The first kappa shape index (κ1) is 16.9. The lowest BCUT2D eigenvalue weighted by atomic mass is 9.88. The highest BCUT2D eigenvalue weighted by molar-refractivity contribution is 6.16. The summed E-state index contributed by atoms with van der Waals surface area (Å²) in [4.78, 5) is 25.2. The van der Waals surface area contributed by atoms with E-state index in [1.165, 1.54) is 7.11 Å². The van der Waals surface area contributed by atoms with Crippen LogP contribution in [0.3, 0.4) is 0 Å². The van der Waals surface area contributed by atoms with Crippen LogP contribution in [0, 0.1) is 0 Å². The maximum absolute atomic E-state index is 12.9. The van der Waals surface area contributed by atoms with Crippen LogP contribution in [0.25, 0.3) is 0 Å². The Balaban J connectivity index is 2.12. The summed E-state index contributed by atoms with van der Waals surface area (Å²) in [6, 6.07) is 14.3. The van der Waals surface area contributed by atoms with Gasteiger partial charge in [0.25, 0.3) is 11.8 Å². The number of benzene rings is 2. The first-order valence-corrected chi connectivity index (χ1v) is 7.56. The van der Waals surface area contributed by atoms with E-state index in [1.807, 2.05) is 5.43 Å². The molecule has 130 valence electrons. The summed E-state index contributed by atoms with van der Waals surface area (Å²) in [7, 11) is 1.46. The number of para-hydroxylation sites is 2. The monoisotopic (exact) mass is 342 g/mol. The molecule has 1 heterocycles. The maximum Gasteiger partial charge on any atom is 0.285 e. The Morgan fingerprint density at radius 2 is 1.88 bits per heavy atom. The average Bonchev–Trinajstić information content (AvgIpc) is 2.94. The van der Waals surface area contributed by atoms with Crippen molar-refractivity contribution in [3.05, 3.63) is 60.2 Å². The number of carbonyl (C=O) groups is 2. The number of nitrogens with one attached hydrogen (secondary N) is 2. The number of hydrogen-bond donors (Lipinski definition) is 4. The van der Waals surface area contributed by atoms with Gasteiger partial charge >= 0.3 is 0 Å². The molecule has 1 fully saturated rings. The van der Waals surface area contributed by atoms with Gasteiger partial charge in [-0.05, 0) is 18.2 Å². The van der Waals surface area contributed by atoms with Crippen LogP contribution in [0.2, 0.25) is 0 Å². The van der Waals surface area contributed by atoms with Gasteiger partial charge in [-0.2, -0.15) is 0 Å². The molecule has 0 spiro atoms. The number of ether oxygens (including phenoxy) is 1. The molecule has 1 saturated heterocycles. The molecule has 8 heteroatoms. The van der Waals surface area contributed by atoms with Crippen LogP contribution in [0.15, 0.2) is 54.6 Å². The Morgan fingerprint density at radius 3 is 2.52 bits per heavy atom. The lowest BCUT2D eigenvalue weighted by Crippen LogP contribution is -2.57. The normalized spacial score (nSPS) is 22.8. The molecule has 1 aliphatic heterocycles. The SMILES string of the molecule is COc1ccccc1C1NN(c2ccccc2)C(=O)C1(O)C(=O)NN. The van der Waals surface area contributed by atoms with Gasteiger partial charge in [0.2, 0.25) is 5.60 Å². The molecular formula is C17H18N4O4. The van der Waals surface area contributed by atoms with E-state index < -0.39 is 23.5 Å². The van der Waals surface area contributed by atoms with Gasteiger partial charge in [0.1, 0.15) is 11.8 Å². The lowest BCUT2D eigenvalue weighted by Gasteiger charge is -2.25. The highest BCUT2D eigenvalue weighted by Gasteiger charge is 2.60. The molecule has 25 heavy (non-hydrogen) atoms. The second-order valence-corrected chi connectivity index (χ2v) is 5.52. The average molecular weight is 342 g/mol. The van der Waals surface area contributed by atoms with Crippen LogP contribution < -0.4 is 26.4 Å². The fourth-order valence-electron chi connectivity index (χ4n) is 2.88. The van der Waals surface area contributed by atoms with E-state index in [2.05, 4.69) is 5.43 Å². The molecule has 0 aromatic heterocycles. The number of nitrogens with two attached hydrogens (primary N) is 1. The molecule has 5 N–H and O–H groups in total. The van der Waals surface area contributed by atoms with E-state index in [-0.39, 0.29) is 0 Å². The van der Waals surface area contributed by atoms with Gasteiger partial charge in [0, 0.05) is 5.56 Å². The first-order chi connectivity index (χ1) is 12.0. The first-order valence-electron chi connectivity index (χ1n) is 7.56. The van der Waals surface area contributed by atoms with Gasteiger partial charge in [-0.1, -0.05) is 36.4 Å². The fraction of sp³-hybridized carbons (Fsp3) is 0.176. The van der Waals surface area contributed by atoms with Crippen molar-refractivity contribution in [2.75, 3.05) is 12.1 Å². The van der Waals surface area contributed by atoms with Crippen LogP contribution >= 0.6 is 0 Å². The molecule has 0 radical (unpaired) electrons. The van der Waals surface area contributed by atoms with E-state index in [4.69, 9.17) is 10.6 Å². The smallest absolute Gasteiger partial charge is 0.285 e. The second-order valence-electron chi connectivity index (χ2n) is 5.52. The quantitative estimate of drug-likeness (QED) is 0.269. The van der Waals surface area contributed by atoms with Crippen molar-refractivity contribution in [2.24, 2.45) is 5.84 Å². The van der Waals surface area contributed by atoms with Crippen LogP contribution in [0.5, 0.6) is 5.75 Å². The molecule has 3 rings (SSSR count). The number of hydrazine groups is 2. The summed E-state index contributed by atoms with van der Waals surface area (Å²) in [5.41, 5.74) is 3.26. The summed E-state index contributed by atoms with van der Waals surface area (Å²) in [6.07, 6.45) is 0. The second kappa shape index (κ2) is 6.52. The molecule has 2 atom stereocenters. The van der Waals surface area contributed by atoms with Crippen molar-refractivity contribution in [1.82, 2.24) is 10.9 Å². The standard InChI is InChI=1S/C17H18N4O4/c1-25-13-10-6-5-9-12(13)14-17(24,15(22)19-18)16(23)21(20-14)11-7-3-2-4-8-11/h2-10,14,20,24H,18H2,1H3,(H,19,22). The highest BCUT2D eigenvalue weighted by atomic mass is 16.5. The summed E-state index contributed by atoms with van der Waals surface area (Å²) >= 11 is 0. The minimum atomic E-state index is -2.43. The van der Waals surface area contributed by atoms with Crippen molar-refractivity contribution in [1.29, 1.82) is 0 Å². The molecule has 8 nitrogen and oxygen atoms in total. The van der Waals surface area contributed by atoms with Gasteiger partial charge in [0.05, 0.1) is 12.8 Å². The molecule has 2 aromatic rings. The molecule has 0 aliphatic carbocycles. The third-order valence-corrected chi connectivity index (χ3v) is 4.15. The molecule has 1 aliphatic rings. The van der Waals surface area contributed by atoms with E-state index in [0.717, 1.165) is 5.01 Å². The Hall–Kier alpha value is -2.94. The lowest BCUT2D eigenvalue weighted by molar-refractivity contribution is -0.151. The summed E-state index contributed by atoms with van der Waals surface area (Å²) < 4.78 is 5.30. The fourth-order valence-corrected chi connectivity index (χ4v) is 2.88. The van der Waals surface area contributed by atoms with Gasteiger partial charge in [-0.15, -0.1) is 0 Å². The van der Waals surface area contributed by atoms with E-state index in [9.17, 15) is 14.7 Å². The van der Waals surface area contributed by atoms with E-state index in [0.29, 0.717) is 17.0 Å². The number of hydrogen-bond acceptors (Lipinski definition) is 6. The molecule has 2 unspecified atom stereocenters. The number of nitrogens with zero attached hydrogens (tertiary/aromatic N) is 1. The largest absolute Gasteiger partial charge is 0.496 e. The summed E-state index contributed by atoms with van der Waals surface area (Å²) in [5, 5.41) is 12.1. The number of amides is 2. The zero-order valence-electron chi connectivity index (χ0n) is 13.5. The van der Waals surface area contributed by atoms with Crippen LogP contribution in [0.1, 0.15) is 11.6 Å². The minimum Gasteiger partial charge on any atom is -0.496 e. The third kappa shape index (κ3) is 2.62. The molecule has 2 amide bonds. The topological polar surface area (TPSA) is 117 Å². The number of rotatable bonds is 4. The zero-order chi connectivity index (χ0) is 18.0. The Kier molecular flexibility index (Phi) is 4.41. The predicted molar refractivity (Wildman–Crippen MR) is 90.1 cm³/mol. The molecule has 0 bridgehead atoms. The maximum atomic E-state index is 12.9. The van der Waals surface area contributed by atoms with E-state index >= 15 is 0 Å². The number of anilines is 1. The number of methoxy groups -OCH3 is 1. The van der Waals surface area contributed by atoms with Gasteiger partial charge in [-0.3, -0.25) is 15.0 Å². The number of carbonyl (C=O) groups excluding carboxylic acids is 2.